The van der Waals surface area contributed by atoms with Crippen molar-refractivity contribution in [1.82, 2.24) is 35.2 Å². The lowest BCUT2D eigenvalue weighted by Gasteiger charge is -2.19. The Morgan fingerprint density at radius 2 is 1.90 bits per heavy atom. The number of carboxylic acid groups (broad SMARTS) is 1. The van der Waals surface area contributed by atoms with E-state index in [1.54, 1.807) is 10.9 Å². The van der Waals surface area contributed by atoms with Gasteiger partial charge in [0, 0.05) is 45.4 Å². The summed E-state index contributed by atoms with van der Waals surface area (Å²) in [6.07, 6.45) is 3.77. The van der Waals surface area contributed by atoms with Crippen LogP contribution in [0, 0.1) is 0 Å². The molecule has 2 amide bonds. The molecular weight excluding hydrogens is 556 g/mol. The molecular formula is C26H33ClN8O6. The first-order chi connectivity index (χ1) is 19.7. The number of methoxy groups -OCH3 is 1. The van der Waals surface area contributed by atoms with E-state index in [2.05, 4.69) is 25.6 Å². The number of nitrogens with zero attached hydrogens (tertiary/aromatic N) is 6. The largest absolute Gasteiger partial charge is 0.480 e. The van der Waals surface area contributed by atoms with Gasteiger partial charge >= 0.3 is 5.97 Å². The maximum Gasteiger partial charge on any atom is 0.323 e. The van der Waals surface area contributed by atoms with Crippen LogP contribution >= 0.6 is 11.6 Å². The van der Waals surface area contributed by atoms with Gasteiger partial charge in [0.15, 0.2) is 0 Å². The van der Waals surface area contributed by atoms with Gasteiger partial charge in [-0.05, 0) is 30.4 Å². The molecule has 0 aliphatic carbocycles. The summed E-state index contributed by atoms with van der Waals surface area (Å²) in [6.45, 7) is 0.922. The Labute approximate surface area is 241 Å². The molecule has 1 aromatic carbocycles. The van der Waals surface area contributed by atoms with E-state index < -0.39 is 5.97 Å². The molecule has 0 aliphatic heterocycles. The first-order valence-electron chi connectivity index (χ1n) is 12.9. The molecule has 0 fully saturated rings. The summed E-state index contributed by atoms with van der Waals surface area (Å²) in [5.74, 6) is -1.21. The summed E-state index contributed by atoms with van der Waals surface area (Å²) in [4.78, 5) is 44.3. The first-order valence-corrected chi connectivity index (χ1v) is 13.2. The average molecular weight is 589 g/mol. The number of carbonyl (C=O) groups is 3. The zero-order valence-electron chi connectivity index (χ0n) is 22.7. The number of halogens is 1. The summed E-state index contributed by atoms with van der Waals surface area (Å²) in [5, 5.41) is 20.3. The van der Waals surface area contributed by atoms with Gasteiger partial charge in [0.05, 0.1) is 5.69 Å². The van der Waals surface area contributed by atoms with E-state index in [1.165, 1.54) is 18.1 Å². The fourth-order valence-electron chi connectivity index (χ4n) is 3.77. The minimum absolute atomic E-state index is 0.0388. The van der Waals surface area contributed by atoms with Crippen molar-refractivity contribution in [2.75, 3.05) is 32.5 Å². The normalized spacial score (nSPS) is 10.8. The highest BCUT2D eigenvalue weighted by Crippen LogP contribution is 2.16. The molecule has 2 heterocycles. The number of hydrogen-bond acceptors (Lipinski definition) is 10. The standard InChI is InChI=1S/C26H33ClN8O6/c1-40-17-24(37)34(15-25(38)39)10-2-4-20-14-35(33-32-20)11-3-5-22(36)29-13-18-6-8-19(9-7-18)16-41-23-12-21(27)30-26(28)31-23/h6-9,12,14H,2-5,10-11,13,15-17H2,1H3,(H,29,36)(H,38,39)(H2,28,30,31). The molecule has 41 heavy (non-hydrogen) atoms. The van der Waals surface area contributed by atoms with Crippen LogP contribution in [-0.2, 0) is 45.2 Å². The van der Waals surface area contributed by atoms with E-state index in [1.807, 2.05) is 24.3 Å². The van der Waals surface area contributed by atoms with E-state index in [4.69, 9.17) is 31.9 Å². The minimum Gasteiger partial charge on any atom is -0.480 e. The number of ether oxygens (including phenoxy) is 2. The Morgan fingerprint density at radius 3 is 2.61 bits per heavy atom. The van der Waals surface area contributed by atoms with Crippen molar-refractivity contribution >= 4 is 35.3 Å². The smallest absolute Gasteiger partial charge is 0.323 e. The van der Waals surface area contributed by atoms with Gasteiger partial charge in [-0.2, -0.15) is 4.98 Å². The van der Waals surface area contributed by atoms with Gasteiger partial charge in [0.25, 0.3) is 0 Å². The maximum absolute atomic E-state index is 12.3. The topological polar surface area (TPSA) is 188 Å². The summed E-state index contributed by atoms with van der Waals surface area (Å²) in [6, 6.07) is 9.10. The lowest BCUT2D eigenvalue weighted by Crippen LogP contribution is -2.38. The van der Waals surface area contributed by atoms with Crippen molar-refractivity contribution in [2.24, 2.45) is 0 Å². The van der Waals surface area contributed by atoms with Crippen LogP contribution in [0.1, 0.15) is 36.1 Å². The van der Waals surface area contributed by atoms with Crippen LogP contribution in [0.25, 0.3) is 0 Å². The number of nitrogen functional groups attached to an aromatic ring is 1. The summed E-state index contributed by atoms with van der Waals surface area (Å²) < 4.78 is 12.1. The second-order valence-electron chi connectivity index (χ2n) is 9.09. The molecule has 0 unspecified atom stereocenters. The highest BCUT2D eigenvalue weighted by Gasteiger charge is 2.16. The number of hydrogen-bond donors (Lipinski definition) is 3. The van der Waals surface area contributed by atoms with E-state index in [0.29, 0.717) is 38.8 Å². The third-order valence-corrected chi connectivity index (χ3v) is 5.97. The van der Waals surface area contributed by atoms with Crippen LogP contribution in [-0.4, -0.2) is 79.6 Å². The zero-order valence-corrected chi connectivity index (χ0v) is 23.4. The van der Waals surface area contributed by atoms with Gasteiger partial charge in [-0.15, -0.1) is 5.10 Å². The van der Waals surface area contributed by atoms with Crippen molar-refractivity contribution in [3.05, 3.63) is 58.5 Å². The number of aliphatic carboxylic acids is 1. The van der Waals surface area contributed by atoms with Crippen LogP contribution < -0.4 is 15.8 Å². The second-order valence-corrected chi connectivity index (χ2v) is 9.48. The molecule has 0 spiro atoms. The monoisotopic (exact) mass is 588 g/mol. The number of rotatable bonds is 17. The van der Waals surface area contributed by atoms with Crippen molar-refractivity contribution < 1.29 is 29.0 Å². The molecule has 2 aromatic heterocycles. The van der Waals surface area contributed by atoms with Crippen LogP contribution in [0.15, 0.2) is 36.5 Å². The van der Waals surface area contributed by atoms with Gasteiger partial charge in [0.2, 0.25) is 23.6 Å². The third-order valence-electron chi connectivity index (χ3n) is 5.77. The van der Waals surface area contributed by atoms with Crippen LogP contribution in [0.2, 0.25) is 5.15 Å². The van der Waals surface area contributed by atoms with Crippen molar-refractivity contribution in [1.29, 1.82) is 0 Å². The third kappa shape index (κ3) is 11.4. The number of aromatic nitrogens is 5. The number of carboxylic acids is 1. The molecule has 220 valence electrons. The average Bonchev–Trinajstić information content (AvgIpc) is 3.37. The van der Waals surface area contributed by atoms with Crippen molar-refractivity contribution in [2.45, 2.75) is 45.4 Å². The summed E-state index contributed by atoms with van der Waals surface area (Å²) >= 11 is 5.85. The van der Waals surface area contributed by atoms with Gasteiger partial charge in [0.1, 0.15) is 24.9 Å². The van der Waals surface area contributed by atoms with Crippen LogP contribution in [0.5, 0.6) is 5.88 Å². The molecule has 3 aromatic rings. The number of aryl methyl sites for hydroxylation is 2. The van der Waals surface area contributed by atoms with E-state index in [-0.39, 0.29) is 55.1 Å². The molecule has 0 bridgehead atoms. The number of nitrogens with one attached hydrogen (secondary N) is 1. The van der Waals surface area contributed by atoms with Crippen LogP contribution in [0.3, 0.4) is 0 Å². The Morgan fingerprint density at radius 1 is 1.15 bits per heavy atom. The highest BCUT2D eigenvalue weighted by molar-refractivity contribution is 6.29. The molecule has 0 atom stereocenters. The number of benzene rings is 1. The molecule has 4 N–H and O–H groups in total. The quantitative estimate of drug-likeness (QED) is 0.194. The number of anilines is 1. The molecule has 0 radical (unpaired) electrons. The number of nitrogens with two attached hydrogens (primary N) is 1. The Balaban J connectivity index is 1.32. The van der Waals surface area contributed by atoms with Crippen LogP contribution in [0.4, 0.5) is 5.95 Å². The summed E-state index contributed by atoms with van der Waals surface area (Å²) in [5.41, 5.74) is 8.15. The molecule has 3 rings (SSSR count). The number of amides is 2. The SMILES string of the molecule is COCC(=O)N(CCCc1cn(CCCC(=O)NCc2ccc(COc3cc(Cl)nc(N)n3)cc2)nn1)CC(=O)O. The fourth-order valence-corrected chi connectivity index (χ4v) is 3.95. The predicted octanol–water partition coefficient (Wildman–Crippen LogP) is 1.47. The van der Waals surface area contributed by atoms with Gasteiger partial charge in [-0.3, -0.25) is 19.1 Å². The van der Waals surface area contributed by atoms with E-state index >= 15 is 0 Å². The minimum atomic E-state index is -1.08. The molecule has 0 saturated heterocycles. The second kappa shape index (κ2) is 16.1. The predicted molar refractivity (Wildman–Crippen MR) is 148 cm³/mol. The van der Waals surface area contributed by atoms with Crippen molar-refractivity contribution in [3.63, 3.8) is 0 Å². The van der Waals surface area contributed by atoms with Gasteiger partial charge in [-0.25, -0.2) is 4.98 Å². The van der Waals surface area contributed by atoms with E-state index in [9.17, 15) is 14.4 Å². The molecule has 0 saturated carbocycles. The summed E-state index contributed by atoms with van der Waals surface area (Å²) in [7, 11) is 1.38. The fraction of sp³-hybridized carbons (Fsp3) is 0.423. The highest BCUT2D eigenvalue weighted by atomic mass is 35.5. The lowest BCUT2D eigenvalue weighted by atomic mass is 10.1. The van der Waals surface area contributed by atoms with Crippen molar-refractivity contribution in [3.8, 4) is 5.88 Å². The zero-order chi connectivity index (χ0) is 29.6. The van der Waals surface area contributed by atoms with E-state index in [0.717, 1.165) is 16.8 Å². The molecule has 14 nitrogen and oxygen atoms in total. The molecule has 15 heteroatoms. The Hall–Kier alpha value is -4.30. The number of carbonyl (C=O) groups excluding carboxylic acids is 2. The molecule has 0 aliphatic rings. The maximum atomic E-state index is 12.3. The Bertz CT molecular complexity index is 1280. The van der Waals surface area contributed by atoms with Gasteiger partial charge < -0.3 is 30.5 Å². The first kappa shape index (κ1) is 31.2. The van der Waals surface area contributed by atoms with Gasteiger partial charge in [-0.1, -0.05) is 41.1 Å². The lowest BCUT2D eigenvalue weighted by molar-refractivity contribution is -0.146. The Kier molecular flexibility index (Phi) is 12.3.